The van der Waals surface area contributed by atoms with Crippen molar-refractivity contribution < 1.29 is 9.53 Å². The van der Waals surface area contributed by atoms with Crippen LogP contribution in [-0.2, 0) is 11.2 Å². The zero-order valence-corrected chi connectivity index (χ0v) is 15.9. The number of aryl methyl sites for hydroxylation is 2. The standard InChI is InChI=1S/C23H29NO2/c1-18-6-5-7-19(16-18)9-14-23(25)24-15-4-3-8-21(17-24)20-10-12-22(26-2)13-11-20/h5-7,10-13,16,21H,3-4,8-9,14-15,17H2,1-2H3. The second kappa shape index (κ2) is 8.88. The first-order chi connectivity index (χ1) is 12.7. The molecule has 0 aliphatic carbocycles. The Kier molecular flexibility index (Phi) is 6.32. The van der Waals surface area contributed by atoms with E-state index in [0.29, 0.717) is 12.3 Å². The molecule has 3 rings (SSSR count). The highest BCUT2D eigenvalue weighted by molar-refractivity contribution is 5.76. The van der Waals surface area contributed by atoms with E-state index in [1.165, 1.54) is 23.1 Å². The molecule has 3 heteroatoms. The number of benzene rings is 2. The topological polar surface area (TPSA) is 29.5 Å². The van der Waals surface area contributed by atoms with Gasteiger partial charge in [0, 0.05) is 25.4 Å². The van der Waals surface area contributed by atoms with Gasteiger partial charge in [-0.25, -0.2) is 0 Å². The molecule has 1 heterocycles. The van der Waals surface area contributed by atoms with Gasteiger partial charge in [0.2, 0.25) is 5.91 Å². The second-order valence-corrected chi connectivity index (χ2v) is 7.29. The largest absolute Gasteiger partial charge is 0.497 e. The van der Waals surface area contributed by atoms with E-state index in [-0.39, 0.29) is 5.91 Å². The number of hydrogen-bond acceptors (Lipinski definition) is 2. The molecule has 0 saturated carbocycles. The molecular formula is C23H29NO2. The predicted octanol–water partition coefficient (Wildman–Crippen LogP) is 4.73. The molecule has 2 aromatic rings. The Labute approximate surface area is 157 Å². The minimum absolute atomic E-state index is 0.284. The van der Waals surface area contributed by atoms with Crippen LogP contribution < -0.4 is 4.74 Å². The van der Waals surface area contributed by atoms with E-state index in [1.54, 1.807) is 7.11 Å². The summed E-state index contributed by atoms with van der Waals surface area (Å²) < 4.78 is 5.26. The average Bonchev–Trinajstić information content (AvgIpc) is 2.93. The molecule has 1 saturated heterocycles. The molecule has 0 spiro atoms. The van der Waals surface area contributed by atoms with Gasteiger partial charge < -0.3 is 9.64 Å². The van der Waals surface area contributed by atoms with Gasteiger partial charge in [-0.15, -0.1) is 0 Å². The maximum Gasteiger partial charge on any atom is 0.222 e. The summed E-state index contributed by atoms with van der Waals surface area (Å²) in [5.41, 5.74) is 3.81. The summed E-state index contributed by atoms with van der Waals surface area (Å²) in [4.78, 5) is 14.9. The van der Waals surface area contributed by atoms with Crippen LogP contribution in [-0.4, -0.2) is 31.0 Å². The maximum absolute atomic E-state index is 12.8. The van der Waals surface area contributed by atoms with Gasteiger partial charge in [-0.05, 0) is 49.4 Å². The summed E-state index contributed by atoms with van der Waals surface area (Å²) in [5, 5.41) is 0. The van der Waals surface area contributed by atoms with Crippen LogP contribution in [0.5, 0.6) is 5.75 Å². The SMILES string of the molecule is COc1ccc(C2CCCCN(C(=O)CCc3cccc(C)c3)C2)cc1. The zero-order valence-electron chi connectivity index (χ0n) is 15.9. The van der Waals surface area contributed by atoms with E-state index in [1.807, 2.05) is 12.1 Å². The number of ether oxygens (including phenoxy) is 1. The van der Waals surface area contributed by atoms with Gasteiger partial charge in [0.25, 0.3) is 0 Å². The van der Waals surface area contributed by atoms with Gasteiger partial charge >= 0.3 is 0 Å². The van der Waals surface area contributed by atoms with Crippen LogP contribution in [0.1, 0.15) is 48.3 Å². The fourth-order valence-electron chi connectivity index (χ4n) is 3.79. The van der Waals surface area contributed by atoms with Crippen LogP contribution in [0.15, 0.2) is 48.5 Å². The van der Waals surface area contributed by atoms with Gasteiger partial charge in [-0.2, -0.15) is 0 Å². The molecule has 3 nitrogen and oxygen atoms in total. The van der Waals surface area contributed by atoms with Crippen molar-refractivity contribution in [3.8, 4) is 5.75 Å². The maximum atomic E-state index is 12.8. The second-order valence-electron chi connectivity index (χ2n) is 7.29. The normalized spacial score (nSPS) is 17.6. The quantitative estimate of drug-likeness (QED) is 0.779. The first kappa shape index (κ1) is 18.5. The summed E-state index contributed by atoms with van der Waals surface area (Å²) in [7, 11) is 1.69. The van der Waals surface area contributed by atoms with Crippen LogP contribution >= 0.6 is 0 Å². The number of likely N-dealkylation sites (tertiary alicyclic amines) is 1. The average molecular weight is 351 g/mol. The van der Waals surface area contributed by atoms with Crippen molar-refractivity contribution in [2.45, 2.75) is 44.9 Å². The van der Waals surface area contributed by atoms with Gasteiger partial charge in [0.15, 0.2) is 0 Å². The molecule has 0 radical (unpaired) electrons. The van der Waals surface area contributed by atoms with E-state index < -0.39 is 0 Å². The van der Waals surface area contributed by atoms with Crippen molar-refractivity contribution in [3.63, 3.8) is 0 Å². The third kappa shape index (κ3) is 4.87. The van der Waals surface area contributed by atoms with Crippen molar-refractivity contribution in [1.82, 2.24) is 4.90 Å². The Balaban J connectivity index is 1.61. The van der Waals surface area contributed by atoms with Crippen LogP contribution in [0.3, 0.4) is 0 Å². The van der Waals surface area contributed by atoms with Crippen LogP contribution in [0.4, 0.5) is 0 Å². The molecule has 1 atom stereocenters. The molecule has 0 aromatic heterocycles. The number of methoxy groups -OCH3 is 1. The summed E-state index contributed by atoms with van der Waals surface area (Å²) in [5.74, 6) is 1.59. The number of hydrogen-bond donors (Lipinski definition) is 0. The molecule has 1 fully saturated rings. The lowest BCUT2D eigenvalue weighted by atomic mass is 9.94. The van der Waals surface area contributed by atoms with Crippen molar-refractivity contribution in [2.75, 3.05) is 20.2 Å². The number of nitrogens with zero attached hydrogens (tertiary/aromatic N) is 1. The fourth-order valence-corrected chi connectivity index (χ4v) is 3.79. The summed E-state index contributed by atoms with van der Waals surface area (Å²) in [6.07, 6.45) is 4.85. The highest BCUT2D eigenvalue weighted by Crippen LogP contribution is 2.28. The summed E-state index contributed by atoms with van der Waals surface area (Å²) in [6.45, 7) is 3.82. The lowest BCUT2D eigenvalue weighted by molar-refractivity contribution is -0.131. The number of carbonyl (C=O) groups is 1. The van der Waals surface area contributed by atoms with Crippen LogP contribution in [0, 0.1) is 6.92 Å². The van der Waals surface area contributed by atoms with E-state index in [4.69, 9.17) is 4.74 Å². The van der Waals surface area contributed by atoms with Gasteiger partial charge in [-0.1, -0.05) is 48.4 Å². The zero-order chi connectivity index (χ0) is 18.4. The highest BCUT2D eigenvalue weighted by Gasteiger charge is 2.23. The molecule has 2 aromatic carbocycles. The minimum Gasteiger partial charge on any atom is -0.497 e. The van der Waals surface area contributed by atoms with E-state index in [9.17, 15) is 4.79 Å². The summed E-state index contributed by atoms with van der Waals surface area (Å²) in [6, 6.07) is 16.8. The number of carbonyl (C=O) groups excluding carboxylic acids is 1. The Bertz CT molecular complexity index is 723. The van der Waals surface area contributed by atoms with Crippen LogP contribution in [0.2, 0.25) is 0 Å². The fraction of sp³-hybridized carbons (Fsp3) is 0.435. The Morgan fingerprint density at radius 3 is 2.69 bits per heavy atom. The molecule has 138 valence electrons. The molecule has 1 aliphatic rings. The van der Waals surface area contributed by atoms with Gasteiger partial charge in [0.05, 0.1) is 7.11 Å². The lowest BCUT2D eigenvalue weighted by Gasteiger charge is -2.25. The first-order valence-corrected chi connectivity index (χ1v) is 9.63. The van der Waals surface area contributed by atoms with Gasteiger partial charge in [-0.3, -0.25) is 4.79 Å². The third-order valence-corrected chi connectivity index (χ3v) is 5.32. The van der Waals surface area contributed by atoms with Crippen molar-refractivity contribution in [3.05, 3.63) is 65.2 Å². The predicted molar refractivity (Wildman–Crippen MR) is 106 cm³/mol. The van der Waals surface area contributed by atoms with Crippen LogP contribution in [0.25, 0.3) is 0 Å². The van der Waals surface area contributed by atoms with E-state index >= 15 is 0 Å². The van der Waals surface area contributed by atoms with E-state index in [0.717, 1.165) is 38.1 Å². The minimum atomic E-state index is 0.284. The van der Waals surface area contributed by atoms with Crippen molar-refractivity contribution in [1.29, 1.82) is 0 Å². The molecule has 26 heavy (non-hydrogen) atoms. The van der Waals surface area contributed by atoms with E-state index in [2.05, 4.69) is 48.2 Å². The van der Waals surface area contributed by atoms with Crippen molar-refractivity contribution in [2.24, 2.45) is 0 Å². The smallest absolute Gasteiger partial charge is 0.222 e. The molecule has 1 amide bonds. The molecule has 0 bridgehead atoms. The highest BCUT2D eigenvalue weighted by atomic mass is 16.5. The Hall–Kier alpha value is -2.29. The first-order valence-electron chi connectivity index (χ1n) is 9.63. The van der Waals surface area contributed by atoms with Gasteiger partial charge in [0.1, 0.15) is 5.75 Å². The monoisotopic (exact) mass is 351 g/mol. The summed E-state index contributed by atoms with van der Waals surface area (Å²) >= 11 is 0. The number of rotatable bonds is 5. The third-order valence-electron chi connectivity index (χ3n) is 5.32. The molecular weight excluding hydrogens is 322 g/mol. The Morgan fingerprint density at radius 2 is 1.96 bits per heavy atom. The van der Waals surface area contributed by atoms with Crippen molar-refractivity contribution >= 4 is 5.91 Å². The number of amides is 1. The molecule has 1 unspecified atom stereocenters. The molecule has 1 aliphatic heterocycles. The Morgan fingerprint density at radius 1 is 1.15 bits per heavy atom. The lowest BCUT2D eigenvalue weighted by Crippen LogP contribution is -2.34. The molecule has 0 N–H and O–H groups in total.